The summed E-state index contributed by atoms with van der Waals surface area (Å²) in [7, 11) is 0. The summed E-state index contributed by atoms with van der Waals surface area (Å²) >= 11 is 0. The van der Waals surface area contributed by atoms with E-state index in [9.17, 15) is 14.4 Å². The van der Waals surface area contributed by atoms with Crippen LogP contribution >= 0.6 is 0 Å². The van der Waals surface area contributed by atoms with Gasteiger partial charge in [-0.25, -0.2) is 0 Å². The maximum atomic E-state index is 13.0. The van der Waals surface area contributed by atoms with E-state index in [-0.39, 0.29) is 44.8 Å². The first-order chi connectivity index (χ1) is 17.5. The molecule has 0 saturated heterocycles. The number of carbonyl (C=O) groups is 3. The molecule has 0 aromatic rings. The molecule has 0 radical (unpaired) electrons. The molecule has 9 unspecified atom stereocenters. The van der Waals surface area contributed by atoms with E-state index in [1.165, 1.54) is 39.0 Å². The second-order valence-corrected chi connectivity index (χ2v) is 16.2. The minimum atomic E-state index is -0.579. The predicted octanol–water partition coefficient (Wildman–Crippen LogP) is 7.30. The number of hydrogen-bond acceptors (Lipinski definition) is 5. The van der Waals surface area contributed by atoms with E-state index in [2.05, 4.69) is 41.5 Å². The Hall–Kier alpha value is -1.39. The summed E-state index contributed by atoms with van der Waals surface area (Å²) in [5.74, 6) is 1.12. The lowest BCUT2D eigenvalue weighted by atomic mass is 9.30. The van der Waals surface area contributed by atoms with Crippen LogP contribution < -0.4 is 0 Å². The van der Waals surface area contributed by atoms with Gasteiger partial charge in [0.15, 0.2) is 11.9 Å². The third-order valence-electron chi connectivity index (χ3n) is 13.7. The first-order valence-corrected chi connectivity index (χ1v) is 15.3. The number of fused-ring (bicyclic) bond motifs is 7. The van der Waals surface area contributed by atoms with Crippen molar-refractivity contribution in [3.05, 3.63) is 0 Å². The predicted molar refractivity (Wildman–Crippen MR) is 147 cm³/mol. The molecule has 0 heterocycles. The summed E-state index contributed by atoms with van der Waals surface area (Å²) in [6.07, 6.45) is 11.1. The van der Waals surface area contributed by atoms with Crippen molar-refractivity contribution < 1.29 is 23.9 Å². The normalized spacial score (nSPS) is 49.5. The number of ether oxygens (including phenoxy) is 2. The van der Waals surface area contributed by atoms with Gasteiger partial charge in [0.2, 0.25) is 0 Å². The van der Waals surface area contributed by atoms with Gasteiger partial charge in [0.1, 0.15) is 0 Å². The van der Waals surface area contributed by atoms with Gasteiger partial charge < -0.3 is 9.47 Å². The van der Waals surface area contributed by atoms with Gasteiger partial charge in [0.05, 0.1) is 6.61 Å². The van der Waals surface area contributed by atoms with Gasteiger partial charge >= 0.3 is 11.9 Å². The van der Waals surface area contributed by atoms with Crippen LogP contribution in [0, 0.1) is 50.2 Å². The molecule has 0 bridgehead atoms. The Kier molecular flexibility index (Phi) is 6.52. The lowest BCUT2D eigenvalue weighted by molar-refractivity contribution is -0.263. The average molecular weight is 529 g/mol. The van der Waals surface area contributed by atoms with E-state index >= 15 is 0 Å². The van der Waals surface area contributed by atoms with Gasteiger partial charge in [0, 0.05) is 25.7 Å². The molecular formula is C33H52O5. The topological polar surface area (TPSA) is 69.7 Å². The minimum Gasteiger partial charge on any atom is -0.465 e. The molecule has 0 amide bonds. The van der Waals surface area contributed by atoms with Crippen molar-refractivity contribution in [3.63, 3.8) is 0 Å². The van der Waals surface area contributed by atoms with E-state index in [1.807, 2.05) is 0 Å². The summed E-state index contributed by atoms with van der Waals surface area (Å²) in [6, 6.07) is 0. The maximum Gasteiger partial charge on any atom is 0.303 e. The molecule has 5 aliphatic rings. The van der Waals surface area contributed by atoms with Crippen molar-refractivity contribution in [2.75, 3.05) is 6.61 Å². The van der Waals surface area contributed by atoms with Crippen LogP contribution in [0.25, 0.3) is 0 Å². The summed E-state index contributed by atoms with van der Waals surface area (Å²) in [5, 5.41) is 0. The van der Waals surface area contributed by atoms with Crippen LogP contribution in [-0.4, -0.2) is 30.4 Å². The van der Waals surface area contributed by atoms with Crippen LogP contribution in [-0.2, 0) is 23.9 Å². The molecule has 5 nitrogen and oxygen atoms in total. The standard InChI is InChI=1S/C33H52O5/c1-21(34)37-20-33-15-11-28(3,4)19-27(33)32(8)13-12-30(6)25(31(32,7)14-16-33)9-10-29(5)18-23(36)24(17-26(29)30)38-22(2)35/h24-27H,9-20H2,1-8H3. The Labute approximate surface area is 230 Å². The van der Waals surface area contributed by atoms with Gasteiger partial charge in [-0.1, -0.05) is 41.5 Å². The Bertz CT molecular complexity index is 1020. The number of Topliss-reactive ketones (excluding diaryl/α,β-unsaturated/α-hetero) is 1. The van der Waals surface area contributed by atoms with Gasteiger partial charge in [0.25, 0.3) is 0 Å². The molecule has 0 aromatic heterocycles. The fourth-order valence-corrected chi connectivity index (χ4v) is 11.4. The zero-order valence-electron chi connectivity index (χ0n) is 25.3. The highest BCUT2D eigenvalue weighted by Gasteiger charge is 2.71. The lowest BCUT2D eigenvalue weighted by Crippen LogP contribution is -2.68. The van der Waals surface area contributed by atoms with Crippen molar-refractivity contribution >= 4 is 17.7 Å². The highest BCUT2D eigenvalue weighted by Crippen LogP contribution is 2.78. The smallest absolute Gasteiger partial charge is 0.303 e. The van der Waals surface area contributed by atoms with E-state index < -0.39 is 6.10 Å². The second kappa shape index (κ2) is 8.80. The van der Waals surface area contributed by atoms with Crippen molar-refractivity contribution in [1.29, 1.82) is 0 Å². The van der Waals surface area contributed by atoms with Crippen LogP contribution in [0.1, 0.15) is 126 Å². The van der Waals surface area contributed by atoms with Crippen molar-refractivity contribution in [2.24, 2.45) is 50.2 Å². The number of ketones is 1. The molecule has 5 fully saturated rings. The highest BCUT2D eigenvalue weighted by atomic mass is 16.5. The largest absolute Gasteiger partial charge is 0.465 e. The first-order valence-electron chi connectivity index (χ1n) is 15.3. The maximum absolute atomic E-state index is 13.0. The summed E-state index contributed by atoms with van der Waals surface area (Å²) in [6.45, 7) is 18.5. The number of rotatable bonds is 3. The molecule has 0 N–H and O–H groups in total. The van der Waals surface area contributed by atoms with E-state index in [0.717, 1.165) is 25.7 Å². The molecule has 0 spiro atoms. The average Bonchev–Trinajstić information content (AvgIpc) is 2.80. The Balaban J connectivity index is 1.51. The van der Waals surface area contributed by atoms with Crippen LogP contribution in [0.5, 0.6) is 0 Å². The summed E-state index contributed by atoms with van der Waals surface area (Å²) in [4.78, 5) is 36.8. The van der Waals surface area contributed by atoms with Crippen molar-refractivity contribution in [1.82, 2.24) is 0 Å². The lowest BCUT2D eigenvalue weighted by Gasteiger charge is -2.74. The van der Waals surface area contributed by atoms with Crippen LogP contribution in [0.2, 0.25) is 0 Å². The third kappa shape index (κ3) is 4.02. The Morgan fingerprint density at radius 3 is 2.08 bits per heavy atom. The SMILES string of the molecule is CC(=O)OCC12CCC(C)(C)CC1C1(C)CCC3(C)C4CC(OC(C)=O)C(=O)CC4(C)CCC3C1(C)CC2. The first kappa shape index (κ1) is 28.1. The van der Waals surface area contributed by atoms with E-state index in [1.54, 1.807) is 6.92 Å². The number of esters is 2. The fraction of sp³-hybridized carbons (Fsp3) is 0.909. The monoisotopic (exact) mass is 528 g/mol. The molecule has 9 atom stereocenters. The van der Waals surface area contributed by atoms with Crippen molar-refractivity contribution in [2.45, 2.75) is 132 Å². The molecule has 5 saturated carbocycles. The van der Waals surface area contributed by atoms with E-state index in [0.29, 0.717) is 42.6 Å². The second-order valence-electron chi connectivity index (χ2n) is 16.2. The minimum absolute atomic E-state index is 0.0103. The van der Waals surface area contributed by atoms with Crippen molar-refractivity contribution in [3.8, 4) is 0 Å². The Morgan fingerprint density at radius 1 is 0.789 bits per heavy atom. The quantitative estimate of drug-likeness (QED) is 0.360. The van der Waals surface area contributed by atoms with Gasteiger partial charge in [-0.05, 0) is 109 Å². The van der Waals surface area contributed by atoms with Gasteiger partial charge in [-0.15, -0.1) is 0 Å². The highest BCUT2D eigenvalue weighted by molar-refractivity contribution is 5.86. The molecule has 5 aliphatic carbocycles. The third-order valence-corrected chi connectivity index (χ3v) is 13.7. The number of carbonyl (C=O) groups excluding carboxylic acids is 3. The molecule has 0 aliphatic heterocycles. The van der Waals surface area contributed by atoms with Gasteiger partial charge in [-0.2, -0.15) is 0 Å². The zero-order chi connectivity index (χ0) is 27.9. The molecule has 5 rings (SSSR count). The van der Waals surface area contributed by atoms with Crippen LogP contribution in [0.4, 0.5) is 0 Å². The molecular weight excluding hydrogens is 476 g/mol. The van der Waals surface area contributed by atoms with Crippen LogP contribution in [0.15, 0.2) is 0 Å². The van der Waals surface area contributed by atoms with Crippen LogP contribution in [0.3, 0.4) is 0 Å². The molecule has 214 valence electrons. The molecule has 5 heteroatoms. The zero-order valence-corrected chi connectivity index (χ0v) is 25.3. The summed E-state index contributed by atoms with van der Waals surface area (Å²) < 4.78 is 11.4. The van der Waals surface area contributed by atoms with Gasteiger partial charge in [-0.3, -0.25) is 14.4 Å². The fourth-order valence-electron chi connectivity index (χ4n) is 11.4. The summed E-state index contributed by atoms with van der Waals surface area (Å²) in [5.41, 5.74) is 0.880. The molecule has 0 aromatic carbocycles. The Morgan fingerprint density at radius 2 is 1.42 bits per heavy atom. The number of hydrogen-bond donors (Lipinski definition) is 0. The molecule has 38 heavy (non-hydrogen) atoms. The van der Waals surface area contributed by atoms with E-state index in [4.69, 9.17) is 9.47 Å².